The number of hydrogen-bond donors (Lipinski definition) is 2. The zero-order chi connectivity index (χ0) is 14.0. The first-order valence-corrected chi connectivity index (χ1v) is 6.51. The standard InChI is InChI=1S/C13H15BrN4O/c1-7-4-9(14)5-8(2)12(7)16-10-6-11(19-3)18-13(15)17-10/h4-6H,1-3H3,(H3,15,16,17,18). The second kappa shape index (κ2) is 5.44. The van der Waals surface area contributed by atoms with Crippen molar-refractivity contribution in [2.75, 3.05) is 18.2 Å². The van der Waals surface area contributed by atoms with E-state index in [0.29, 0.717) is 11.7 Å². The molecule has 0 saturated carbocycles. The lowest BCUT2D eigenvalue weighted by Gasteiger charge is -2.13. The molecule has 2 rings (SSSR count). The zero-order valence-corrected chi connectivity index (χ0v) is 12.6. The zero-order valence-electron chi connectivity index (χ0n) is 11.0. The average Bonchev–Trinajstić information content (AvgIpc) is 2.33. The van der Waals surface area contributed by atoms with Gasteiger partial charge in [0.2, 0.25) is 11.8 Å². The number of benzene rings is 1. The summed E-state index contributed by atoms with van der Waals surface area (Å²) in [6, 6.07) is 5.78. The summed E-state index contributed by atoms with van der Waals surface area (Å²) < 4.78 is 6.12. The lowest BCUT2D eigenvalue weighted by Crippen LogP contribution is -2.03. The first-order chi connectivity index (χ1) is 8.99. The monoisotopic (exact) mass is 322 g/mol. The molecular formula is C13H15BrN4O. The SMILES string of the molecule is COc1cc(Nc2c(C)cc(Br)cc2C)nc(N)n1. The minimum absolute atomic E-state index is 0.175. The largest absolute Gasteiger partial charge is 0.481 e. The normalized spacial score (nSPS) is 10.3. The number of hydrogen-bond acceptors (Lipinski definition) is 5. The van der Waals surface area contributed by atoms with Crippen molar-refractivity contribution in [2.24, 2.45) is 0 Å². The molecule has 0 fully saturated rings. The highest BCUT2D eigenvalue weighted by Crippen LogP contribution is 2.28. The van der Waals surface area contributed by atoms with E-state index in [1.165, 1.54) is 0 Å². The van der Waals surface area contributed by atoms with Crippen LogP contribution in [0.5, 0.6) is 5.88 Å². The van der Waals surface area contributed by atoms with Crippen molar-refractivity contribution in [1.29, 1.82) is 0 Å². The first kappa shape index (κ1) is 13.6. The Hall–Kier alpha value is -1.82. The second-order valence-electron chi connectivity index (χ2n) is 4.19. The molecule has 3 N–H and O–H groups in total. The number of ether oxygens (including phenoxy) is 1. The number of anilines is 3. The highest BCUT2D eigenvalue weighted by Gasteiger charge is 2.08. The summed E-state index contributed by atoms with van der Waals surface area (Å²) in [6.45, 7) is 4.06. The molecule has 0 amide bonds. The fraction of sp³-hybridized carbons (Fsp3) is 0.231. The molecule has 1 heterocycles. The maximum absolute atomic E-state index is 5.64. The smallest absolute Gasteiger partial charge is 0.225 e. The fourth-order valence-electron chi connectivity index (χ4n) is 1.85. The van der Waals surface area contributed by atoms with Gasteiger partial charge in [0.15, 0.2) is 0 Å². The lowest BCUT2D eigenvalue weighted by atomic mass is 10.1. The predicted octanol–water partition coefficient (Wildman–Crippen LogP) is 3.19. The van der Waals surface area contributed by atoms with Crippen LogP contribution in [-0.4, -0.2) is 17.1 Å². The van der Waals surface area contributed by atoms with E-state index in [1.807, 2.05) is 26.0 Å². The molecule has 100 valence electrons. The Morgan fingerprint density at radius 3 is 2.37 bits per heavy atom. The predicted molar refractivity (Wildman–Crippen MR) is 79.9 cm³/mol. The molecule has 0 aliphatic carbocycles. The van der Waals surface area contributed by atoms with E-state index in [4.69, 9.17) is 10.5 Å². The van der Waals surface area contributed by atoms with Crippen LogP contribution in [0.25, 0.3) is 0 Å². The Kier molecular flexibility index (Phi) is 3.90. The fourth-order valence-corrected chi connectivity index (χ4v) is 2.53. The number of aromatic nitrogens is 2. The molecule has 0 spiro atoms. The summed E-state index contributed by atoms with van der Waals surface area (Å²) in [4.78, 5) is 8.10. The van der Waals surface area contributed by atoms with Gasteiger partial charge in [-0.15, -0.1) is 0 Å². The molecule has 0 radical (unpaired) electrons. The van der Waals surface area contributed by atoms with Crippen LogP contribution in [0, 0.1) is 13.8 Å². The number of rotatable bonds is 3. The van der Waals surface area contributed by atoms with Crippen LogP contribution in [0.3, 0.4) is 0 Å². The number of nitrogens with one attached hydrogen (secondary N) is 1. The number of nitrogens with two attached hydrogens (primary N) is 1. The van der Waals surface area contributed by atoms with Gasteiger partial charge in [0.05, 0.1) is 7.11 Å². The van der Waals surface area contributed by atoms with Crippen molar-refractivity contribution >= 4 is 33.4 Å². The van der Waals surface area contributed by atoms with Crippen LogP contribution in [-0.2, 0) is 0 Å². The lowest BCUT2D eigenvalue weighted by molar-refractivity contribution is 0.398. The van der Waals surface area contributed by atoms with E-state index >= 15 is 0 Å². The van der Waals surface area contributed by atoms with Crippen molar-refractivity contribution in [3.05, 3.63) is 33.8 Å². The summed E-state index contributed by atoms with van der Waals surface area (Å²) in [6.07, 6.45) is 0. The van der Waals surface area contributed by atoms with Crippen molar-refractivity contribution in [1.82, 2.24) is 9.97 Å². The molecule has 19 heavy (non-hydrogen) atoms. The van der Waals surface area contributed by atoms with Crippen LogP contribution in [0.4, 0.5) is 17.5 Å². The van der Waals surface area contributed by atoms with Gasteiger partial charge in [-0.1, -0.05) is 15.9 Å². The molecule has 0 aliphatic rings. The summed E-state index contributed by atoms with van der Waals surface area (Å²) in [7, 11) is 1.54. The molecular weight excluding hydrogens is 308 g/mol. The number of nitrogens with zero attached hydrogens (tertiary/aromatic N) is 2. The summed E-state index contributed by atoms with van der Waals surface area (Å²) in [5.74, 6) is 1.22. The number of methoxy groups -OCH3 is 1. The first-order valence-electron chi connectivity index (χ1n) is 5.72. The Labute approximate surface area is 120 Å². The third-order valence-corrected chi connectivity index (χ3v) is 3.14. The van der Waals surface area contributed by atoms with Gasteiger partial charge in [-0.3, -0.25) is 0 Å². The van der Waals surface area contributed by atoms with Gasteiger partial charge in [-0.2, -0.15) is 9.97 Å². The van der Waals surface area contributed by atoms with Gasteiger partial charge in [0.1, 0.15) is 5.82 Å². The van der Waals surface area contributed by atoms with E-state index in [1.54, 1.807) is 13.2 Å². The second-order valence-corrected chi connectivity index (χ2v) is 5.11. The molecule has 2 aromatic rings. The molecule has 1 aromatic heterocycles. The molecule has 1 aromatic carbocycles. The summed E-state index contributed by atoms with van der Waals surface area (Å²) in [5.41, 5.74) is 8.87. The highest BCUT2D eigenvalue weighted by atomic mass is 79.9. The van der Waals surface area contributed by atoms with Crippen molar-refractivity contribution in [3.63, 3.8) is 0 Å². The van der Waals surface area contributed by atoms with Crippen LogP contribution < -0.4 is 15.8 Å². The number of halogens is 1. The van der Waals surface area contributed by atoms with Gasteiger partial charge < -0.3 is 15.8 Å². The van der Waals surface area contributed by atoms with Crippen LogP contribution in [0.15, 0.2) is 22.7 Å². The van der Waals surface area contributed by atoms with E-state index < -0.39 is 0 Å². The van der Waals surface area contributed by atoms with E-state index in [9.17, 15) is 0 Å². The summed E-state index contributed by atoms with van der Waals surface area (Å²) >= 11 is 3.47. The summed E-state index contributed by atoms with van der Waals surface area (Å²) in [5, 5.41) is 3.25. The topological polar surface area (TPSA) is 73.1 Å². The van der Waals surface area contributed by atoms with Crippen molar-refractivity contribution in [2.45, 2.75) is 13.8 Å². The molecule has 5 nitrogen and oxygen atoms in total. The molecule has 0 saturated heterocycles. The Bertz CT molecular complexity index is 593. The Morgan fingerprint density at radius 2 is 1.79 bits per heavy atom. The van der Waals surface area contributed by atoms with E-state index in [-0.39, 0.29) is 5.95 Å². The van der Waals surface area contributed by atoms with E-state index in [2.05, 4.69) is 31.2 Å². The molecule has 0 bridgehead atoms. The van der Waals surface area contributed by atoms with Gasteiger partial charge in [-0.05, 0) is 37.1 Å². The highest BCUT2D eigenvalue weighted by molar-refractivity contribution is 9.10. The quantitative estimate of drug-likeness (QED) is 0.907. The molecule has 6 heteroatoms. The van der Waals surface area contributed by atoms with Crippen LogP contribution >= 0.6 is 15.9 Å². The third-order valence-electron chi connectivity index (χ3n) is 2.68. The van der Waals surface area contributed by atoms with Gasteiger partial charge in [0.25, 0.3) is 0 Å². The van der Waals surface area contributed by atoms with Crippen molar-refractivity contribution < 1.29 is 4.74 Å². The third kappa shape index (κ3) is 3.14. The Balaban J connectivity index is 2.39. The van der Waals surface area contributed by atoms with Gasteiger partial charge >= 0.3 is 0 Å². The van der Waals surface area contributed by atoms with Gasteiger partial charge in [-0.25, -0.2) is 0 Å². The van der Waals surface area contributed by atoms with Crippen LogP contribution in [0.1, 0.15) is 11.1 Å². The van der Waals surface area contributed by atoms with Crippen molar-refractivity contribution in [3.8, 4) is 5.88 Å². The van der Waals surface area contributed by atoms with Crippen LogP contribution in [0.2, 0.25) is 0 Å². The van der Waals surface area contributed by atoms with Gasteiger partial charge in [0, 0.05) is 16.2 Å². The minimum atomic E-state index is 0.175. The molecule has 0 aliphatic heterocycles. The number of nitrogen functional groups attached to an aromatic ring is 1. The molecule has 0 unspecified atom stereocenters. The van der Waals surface area contributed by atoms with E-state index in [0.717, 1.165) is 21.3 Å². The maximum Gasteiger partial charge on any atom is 0.225 e. The Morgan fingerprint density at radius 1 is 1.16 bits per heavy atom. The average molecular weight is 323 g/mol. The maximum atomic E-state index is 5.64. The molecule has 0 atom stereocenters. The minimum Gasteiger partial charge on any atom is -0.481 e. The number of aryl methyl sites for hydroxylation is 2.